The third kappa shape index (κ3) is 9.41. The van der Waals surface area contributed by atoms with Crippen LogP contribution in [-0.2, 0) is 19.1 Å². The zero-order valence-electron chi connectivity index (χ0n) is 30.8. The van der Waals surface area contributed by atoms with E-state index in [1.807, 2.05) is 0 Å². The Labute approximate surface area is 314 Å². The van der Waals surface area contributed by atoms with Crippen LogP contribution in [0.4, 0.5) is 0 Å². The second kappa shape index (κ2) is 17.5. The van der Waals surface area contributed by atoms with E-state index in [-0.39, 0.29) is 45.1 Å². The molecular formula is C37H41NO17. The summed E-state index contributed by atoms with van der Waals surface area (Å²) in [6, 6.07) is 6.37. The number of carboxylic acids is 1. The fourth-order valence-electron chi connectivity index (χ4n) is 5.73. The van der Waals surface area contributed by atoms with Crippen LogP contribution < -0.4 is 29.0 Å². The molecule has 1 saturated heterocycles. The summed E-state index contributed by atoms with van der Waals surface area (Å²) in [5, 5.41) is 53.1. The molecule has 1 aliphatic heterocycles. The lowest BCUT2D eigenvalue weighted by atomic mass is 9.99. The first-order chi connectivity index (χ1) is 25.9. The van der Waals surface area contributed by atoms with Crippen molar-refractivity contribution < 1.29 is 82.7 Å². The largest absolute Gasteiger partial charge is 0.507 e. The Morgan fingerprint density at radius 3 is 1.82 bits per heavy atom. The van der Waals surface area contributed by atoms with Crippen molar-refractivity contribution in [2.24, 2.45) is 0 Å². The van der Waals surface area contributed by atoms with Crippen LogP contribution >= 0.6 is 0 Å². The summed E-state index contributed by atoms with van der Waals surface area (Å²) in [5.74, 6) is -6.03. The number of phenolic OH excluding ortho intramolecular Hbond substituents is 1. The summed E-state index contributed by atoms with van der Waals surface area (Å²) in [7, 11) is 2.79. The van der Waals surface area contributed by atoms with Crippen LogP contribution in [0.3, 0.4) is 0 Å². The normalized spacial score (nSPS) is 19.7. The minimum atomic E-state index is -1.83. The number of aryl methyl sites for hydroxylation is 3. The molecule has 0 unspecified atom stereocenters. The number of amides is 1. The fraction of sp³-hybridized carbons (Fsp3) is 0.378. The van der Waals surface area contributed by atoms with E-state index in [4.69, 9.17) is 38.3 Å². The number of phenols is 1. The Kier molecular flexibility index (Phi) is 13.3. The Hall–Kier alpha value is -5.95. The van der Waals surface area contributed by atoms with E-state index >= 15 is 0 Å². The molecular weight excluding hydrogens is 730 g/mol. The van der Waals surface area contributed by atoms with Crippen LogP contribution in [0, 0.1) is 20.8 Å². The van der Waals surface area contributed by atoms with Crippen molar-refractivity contribution in [1.29, 1.82) is 0 Å². The summed E-state index contributed by atoms with van der Waals surface area (Å²) in [6.45, 7) is 5.92. The quantitative estimate of drug-likeness (QED) is 0.107. The van der Waals surface area contributed by atoms with E-state index in [2.05, 4.69) is 5.32 Å². The Balaban J connectivity index is 1.77. The molecule has 0 radical (unpaired) electrons. The number of nitrogens with one attached hydrogen (secondary N) is 1. The van der Waals surface area contributed by atoms with Crippen LogP contribution in [0.2, 0.25) is 0 Å². The van der Waals surface area contributed by atoms with Crippen molar-refractivity contribution in [3.8, 4) is 34.5 Å². The highest BCUT2D eigenvalue weighted by Gasteiger charge is 2.48. The molecule has 296 valence electrons. The van der Waals surface area contributed by atoms with Gasteiger partial charge in [-0.1, -0.05) is 0 Å². The number of aliphatic hydroxyl groups is 3. The highest BCUT2D eigenvalue weighted by molar-refractivity contribution is 6.01. The molecule has 0 saturated carbocycles. The third-order valence-electron chi connectivity index (χ3n) is 8.43. The van der Waals surface area contributed by atoms with Crippen molar-refractivity contribution in [2.75, 3.05) is 20.8 Å². The molecule has 18 nitrogen and oxygen atoms in total. The number of esters is 3. The molecule has 6 atom stereocenters. The lowest BCUT2D eigenvalue weighted by Crippen LogP contribution is -2.61. The Bertz CT molecular complexity index is 1950. The van der Waals surface area contributed by atoms with Gasteiger partial charge in [0.15, 0.2) is 6.10 Å². The highest BCUT2D eigenvalue weighted by atomic mass is 16.7. The van der Waals surface area contributed by atoms with Gasteiger partial charge in [-0.05, 0) is 62.6 Å². The van der Waals surface area contributed by atoms with Crippen molar-refractivity contribution >= 4 is 29.8 Å². The van der Waals surface area contributed by atoms with Gasteiger partial charge in [0.2, 0.25) is 6.29 Å². The Morgan fingerprint density at radius 2 is 1.31 bits per heavy atom. The number of hydrogen-bond acceptors (Lipinski definition) is 16. The van der Waals surface area contributed by atoms with E-state index in [9.17, 15) is 44.4 Å². The summed E-state index contributed by atoms with van der Waals surface area (Å²) < 4.78 is 38.7. The van der Waals surface area contributed by atoms with Gasteiger partial charge in [0.25, 0.3) is 5.91 Å². The summed E-state index contributed by atoms with van der Waals surface area (Å²) in [5.41, 5.74) is 0.0923. The highest BCUT2D eigenvalue weighted by Crippen LogP contribution is 2.36. The maximum absolute atomic E-state index is 13.9. The number of rotatable bonds is 13. The first kappa shape index (κ1) is 41.8. The van der Waals surface area contributed by atoms with Gasteiger partial charge in [-0.25, -0.2) is 9.59 Å². The zero-order valence-corrected chi connectivity index (χ0v) is 30.8. The van der Waals surface area contributed by atoms with Crippen molar-refractivity contribution in [1.82, 2.24) is 5.32 Å². The Morgan fingerprint density at radius 1 is 0.782 bits per heavy atom. The molecule has 0 spiro atoms. The van der Waals surface area contributed by atoms with Crippen LogP contribution in [0.5, 0.6) is 34.5 Å². The van der Waals surface area contributed by atoms with Crippen LogP contribution in [-0.4, -0.2) is 113 Å². The molecule has 0 aromatic heterocycles. The lowest BCUT2D eigenvalue weighted by Gasteiger charge is -2.41. The SMILES string of the molecule is COc1cc(C)c(C(=O)Oc2cc(C)c(C(=O)Oc3cc(C)c(C(=O)N[C@H](C)C(=O)O)c(O)c3)c(O[C@@H]3O[C@H](CO)[C@@H](O)[C@H](O)[C@H]3OC(C)=O)c2)c(OC)c1. The number of carbonyl (C=O) groups is 5. The number of benzene rings is 3. The average molecular weight is 772 g/mol. The van der Waals surface area contributed by atoms with Gasteiger partial charge in [0.05, 0.1) is 26.4 Å². The summed E-state index contributed by atoms with van der Waals surface area (Å²) in [4.78, 5) is 63.3. The van der Waals surface area contributed by atoms with Gasteiger partial charge in [0.1, 0.15) is 70.0 Å². The predicted octanol–water partition coefficient (Wildman–Crippen LogP) is 1.73. The fourth-order valence-corrected chi connectivity index (χ4v) is 5.73. The van der Waals surface area contributed by atoms with Gasteiger partial charge in [-0.3, -0.25) is 14.4 Å². The maximum atomic E-state index is 13.9. The lowest BCUT2D eigenvalue weighted by molar-refractivity contribution is -0.281. The first-order valence-electron chi connectivity index (χ1n) is 16.6. The number of aromatic hydroxyl groups is 1. The molecule has 1 aliphatic rings. The average Bonchev–Trinajstić information content (AvgIpc) is 3.09. The minimum absolute atomic E-state index is 0.0464. The molecule has 1 heterocycles. The van der Waals surface area contributed by atoms with Gasteiger partial charge in [-0.2, -0.15) is 0 Å². The first-order valence-corrected chi connectivity index (χ1v) is 16.6. The smallest absolute Gasteiger partial charge is 0.347 e. The molecule has 4 rings (SSSR count). The molecule has 18 heteroatoms. The summed E-state index contributed by atoms with van der Waals surface area (Å²) in [6.07, 6.45) is -8.45. The number of aliphatic carboxylic acids is 1. The number of hydrogen-bond donors (Lipinski definition) is 6. The minimum Gasteiger partial charge on any atom is -0.507 e. The zero-order chi connectivity index (χ0) is 40.9. The number of methoxy groups -OCH3 is 2. The second-order valence-electron chi connectivity index (χ2n) is 12.5. The predicted molar refractivity (Wildman–Crippen MR) is 187 cm³/mol. The monoisotopic (exact) mass is 771 g/mol. The number of carbonyl (C=O) groups excluding carboxylic acids is 4. The molecule has 0 aliphatic carbocycles. The molecule has 1 fully saturated rings. The van der Waals surface area contributed by atoms with Gasteiger partial charge < -0.3 is 64.0 Å². The summed E-state index contributed by atoms with van der Waals surface area (Å²) >= 11 is 0. The van der Waals surface area contributed by atoms with E-state index in [1.165, 1.54) is 53.2 Å². The second-order valence-corrected chi connectivity index (χ2v) is 12.5. The molecule has 6 N–H and O–H groups in total. The van der Waals surface area contributed by atoms with Crippen molar-refractivity contribution in [2.45, 2.75) is 71.4 Å². The molecule has 1 amide bonds. The van der Waals surface area contributed by atoms with E-state index in [1.54, 1.807) is 13.0 Å². The van der Waals surface area contributed by atoms with Crippen LogP contribution in [0.15, 0.2) is 36.4 Å². The molecule has 3 aromatic rings. The molecule has 55 heavy (non-hydrogen) atoms. The van der Waals surface area contributed by atoms with E-state index in [0.29, 0.717) is 11.3 Å². The van der Waals surface area contributed by atoms with Gasteiger partial charge in [-0.15, -0.1) is 0 Å². The van der Waals surface area contributed by atoms with Crippen molar-refractivity contribution in [3.05, 3.63) is 69.8 Å². The van der Waals surface area contributed by atoms with Crippen molar-refractivity contribution in [3.63, 3.8) is 0 Å². The van der Waals surface area contributed by atoms with Gasteiger partial charge in [0, 0.05) is 25.1 Å². The van der Waals surface area contributed by atoms with Gasteiger partial charge >= 0.3 is 23.9 Å². The van der Waals surface area contributed by atoms with Crippen LogP contribution in [0.1, 0.15) is 61.6 Å². The maximum Gasteiger partial charge on any atom is 0.347 e. The van der Waals surface area contributed by atoms with E-state index in [0.717, 1.165) is 19.1 Å². The molecule has 3 aromatic carbocycles. The van der Waals surface area contributed by atoms with E-state index < -0.39 is 84.6 Å². The number of aliphatic hydroxyl groups excluding tert-OH is 3. The molecule has 0 bridgehead atoms. The van der Waals surface area contributed by atoms with Crippen LogP contribution in [0.25, 0.3) is 0 Å². The third-order valence-corrected chi connectivity index (χ3v) is 8.43. The topological polar surface area (TPSA) is 263 Å². The number of carboxylic acid groups (broad SMARTS) is 1. The number of ether oxygens (including phenoxy) is 7. The standard InChI is InChI=1S/C37H41NO17/c1-15-9-21(11-23(41)27(15)33(44)38-18(4)34(45)46)52-36(48)29-17(3)10-22(53-35(47)28-16(2)8-20(49-6)12-24(28)50-7)13-25(29)54-37-32(51-19(5)40)31(43)30(42)26(14-39)55-37/h8-13,18,26,30-32,37,39,41-43H,14H2,1-7H3,(H,38,44)(H,45,46)/t18-,26-,30-,31+,32-,37-/m1/s1.